The van der Waals surface area contributed by atoms with Gasteiger partial charge in [0, 0.05) is 18.3 Å². The summed E-state index contributed by atoms with van der Waals surface area (Å²) < 4.78 is 2.52. The van der Waals surface area contributed by atoms with Crippen molar-refractivity contribution in [1.29, 1.82) is 0 Å². The number of hydrogen-bond donors (Lipinski definition) is 1. The fraction of sp³-hybridized carbons (Fsp3) is 0.500. The van der Waals surface area contributed by atoms with Gasteiger partial charge >= 0.3 is 0 Å². The third-order valence-electron chi connectivity index (χ3n) is 2.32. The van der Waals surface area contributed by atoms with Gasteiger partial charge in [0.25, 0.3) is 5.56 Å². The Kier molecular flexibility index (Phi) is 1.84. The lowest BCUT2D eigenvalue weighted by Crippen LogP contribution is -2.20. The molecule has 1 aliphatic carbocycles. The number of H-pyrrole nitrogens is 1. The number of rotatable bonds is 1. The SMILES string of the molecule is O=c1ccn(C2CCC2)c(=S)[nH]1. The molecule has 1 heterocycles. The van der Waals surface area contributed by atoms with Gasteiger partial charge in [0.2, 0.25) is 0 Å². The second-order valence-corrected chi connectivity index (χ2v) is 3.49. The van der Waals surface area contributed by atoms with Gasteiger partial charge in [0.05, 0.1) is 0 Å². The van der Waals surface area contributed by atoms with E-state index in [4.69, 9.17) is 12.2 Å². The Morgan fingerprint density at radius 1 is 1.58 bits per heavy atom. The molecule has 0 bridgehead atoms. The lowest BCUT2D eigenvalue weighted by molar-refractivity contribution is 0.306. The molecule has 0 aliphatic heterocycles. The monoisotopic (exact) mass is 182 g/mol. The molecular formula is C8H10N2OS. The zero-order valence-corrected chi connectivity index (χ0v) is 7.43. The van der Waals surface area contributed by atoms with Crippen molar-refractivity contribution in [3.8, 4) is 0 Å². The van der Waals surface area contributed by atoms with Crippen LogP contribution in [-0.2, 0) is 0 Å². The molecule has 1 saturated carbocycles. The maximum absolute atomic E-state index is 10.8. The standard InChI is InChI=1S/C8H10N2OS/c11-7-4-5-10(8(12)9-7)6-2-1-3-6/h4-6H,1-3H2,(H,9,11,12). The summed E-state index contributed by atoms with van der Waals surface area (Å²) in [5.41, 5.74) is -0.115. The summed E-state index contributed by atoms with van der Waals surface area (Å²) in [6, 6.07) is 2.04. The minimum Gasteiger partial charge on any atom is -0.322 e. The van der Waals surface area contributed by atoms with Crippen LogP contribution in [0.2, 0.25) is 0 Å². The molecular weight excluding hydrogens is 172 g/mol. The molecule has 1 aromatic rings. The Morgan fingerprint density at radius 2 is 2.33 bits per heavy atom. The number of aromatic nitrogens is 2. The summed E-state index contributed by atoms with van der Waals surface area (Å²) in [7, 11) is 0. The lowest BCUT2D eigenvalue weighted by atomic mass is 9.93. The first-order valence-corrected chi connectivity index (χ1v) is 4.50. The van der Waals surface area contributed by atoms with Gasteiger partial charge in [-0.25, -0.2) is 0 Å². The zero-order valence-electron chi connectivity index (χ0n) is 6.62. The fourth-order valence-electron chi connectivity index (χ4n) is 1.38. The van der Waals surface area contributed by atoms with E-state index in [0.29, 0.717) is 10.8 Å². The summed E-state index contributed by atoms with van der Waals surface area (Å²) in [6.45, 7) is 0. The van der Waals surface area contributed by atoms with Gasteiger partial charge in [-0.15, -0.1) is 0 Å². The fourth-order valence-corrected chi connectivity index (χ4v) is 1.69. The predicted octanol–water partition coefficient (Wildman–Crippen LogP) is 1.63. The molecule has 64 valence electrons. The Hall–Kier alpha value is -0.900. The summed E-state index contributed by atoms with van der Waals surface area (Å²) in [4.78, 5) is 13.4. The molecule has 12 heavy (non-hydrogen) atoms. The van der Waals surface area contributed by atoms with Crippen LogP contribution in [0.3, 0.4) is 0 Å². The largest absolute Gasteiger partial charge is 0.322 e. The minimum absolute atomic E-state index is 0.115. The summed E-state index contributed by atoms with van der Waals surface area (Å²) in [5, 5.41) is 0. The molecule has 0 atom stereocenters. The molecule has 1 aromatic heterocycles. The maximum atomic E-state index is 10.8. The summed E-state index contributed by atoms with van der Waals surface area (Å²) in [6.07, 6.45) is 5.41. The molecule has 1 N–H and O–H groups in total. The van der Waals surface area contributed by atoms with Gasteiger partial charge in [-0.3, -0.25) is 9.78 Å². The minimum atomic E-state index is -0.115. The number of nitrogens with zero attached hydrogens (tertiary/aromatic N) is 1. The lowest BCUT2D eigenvalue weighted by Gasteiger charge is -2.27. The molecule has 1 fully saturated rings. The average molecular weight is 182 g/mol. The molecule has 0 radical (unpaired) electrons. The predicted molar refractivity (Wildman–Crippen MR) is 48.8 cm³/mol. The van der Waals surface area contributed by atoms with Gasteiger partial charge in [0.15, 0.2) is 4.77 Å². The second kappa shape index (κ2) is 2.86. The smallest absolute Gasteiger partial charge is 0.251 e. The van der Waals surface area contributed by atoms with Gasteiger partial charge in [-0.1, -0.05) is 0 Å². The molecule has 4 heteroatoms. The molecule has 0 spiro atoms. The van der Waals surface area contributed by atoms with Crippen LogP contribution in [0, 0.1) is 4.77 Å². The highest BCUT2D eigenvalue weighted by atomic mass is 32.1. The van der Waals surface area contributed by atoms with E-state index in [2.05, 4.69) is 4.98 Å². The summed E-state index contributed by atoms with van der Waals surface area (Å²) in [5.74, 6) is 0. The van der Waals surface area contributed by atoms with Crippen LogP contribution in [0.1, 0.15) is 25.3 Å². The van der Waals surface area contributed by atoms with Crippen LogP contribution < -0.4 is 5.56 Å². The van der Waals surface area contributed by atoms with E-state index < -0.39 is 0 Å². The van der Waals surface area contributed by atoms with Crippen LogP contribution in [0.4, 0.5) is 0 Å². The van der Waals surface area contributed by atoms with Crippen LogP contribution in [0.5, 0.6) is 0 Å². The first-order valence-electron chi connectivity index (χ1n) is 4.09. The molecule has 2 rings (SSSR count). The number of aromatic amines is 1. The van der Waals surface area contributed by atoms with Crippen LogP contribution in [0.25, 0.3) is 0 Å². The van der Waals surface area contributed by atoms with E-state index in [-0.39, 0.29) is 5.56 Å². The Morgan fingerprint density at radius 3 is 2.83 bits per heavy atom. The van der Waals surface area contributed by atoms with Gasteiger partial charge in [-0.2, -0.15) is 0 Å². The molecule has 0 saturated heterocycles. The van der Waals surface area contributed by atoms with Crippen molar-refractivity contribution in [2.24, 2.45) is 0 Å². The van der Waals surface area contributed by atoms with E-state index in [1.165, 1.54) is 25.3 Å². The summed E-state index contributed by atoms with van der Waals surface area (Å²) >= 11 is 5.02. The molecule has 0 amide bonds. The third kappa shape index (κ3) is 1.22. The van der Waals surface area contributed by atoms with E-state index in [1.807, 2.05) is 4.57 Å². The van der Waals surface area contributed by atoms with Crippen LogP contribution in [0.15, 0.2) is 17.1 Å². The quantitative estimate of drug-likeness (QED) is 0.670. The Labute approximate surface area is 75.1 Å². The second-order valence-electron chi connectivity index (χ2n) is 3.10. The van der Waals surface area contributed by atoms with Crippen molar-refractivity contribution in [2.75, 3.05) is 0 Å². The first kappa shape index (κ1) is 7.73. The van der Waals surface area contributed by atoms with E-state index in [0.717, 1.165) is 0 Å². The highest BCUT2D eigenvalue weighted by molar-refractivity contribution is 7.71. The molecule has 1 aliphatic rings. The van der Waals surface area contributed by atoms with E-state index in [1.54, 1.807) is 6.20 Å². The van der Waals surface area contributed by atoms with Crippen molar-refractivity contribution < 1.29 is 0 Å². The highest BCUT2D eigenvalue weighted by Crippen LogP contribution is 2.30. The number of nitrogens with one attached hydrogen (secondary N) is 1. The van der Waals surface area contributed by atoms with Crippen molar-refractivity contribution in [1.82, 2.24) is 9.55 Å². The maximum Gasteiger partial charge on any atom is 0.251 e. The Balaban J connectivity index is 2.44. The zero-order chi connectivity index (χ0) is 8.55. The third-order valence-corrected chi connectivity index (χ3v) is 2.63. The van der Waals surface area contributed by atoms with Gasteiger partial charge < -0.3 is 4.57 Å². The topological polar surface area (TPSA) is 37.8 Å². The van der Waals surface area contributed by atoms with Crippen molar-refractivity contribution in [3.63, 3.8) is 0 Å². The van der Waals surface area contributed by atoms with E-state index in [9.17, 15) is 4.79 Å². The molecule has 0 aromatic carbocycles. The van der Waals surface area contributed by atoms with Gasteiger partial charge in [-0.05, 0) is 31.5 Å². The Bertz CT molecular complexity index is 389. The van der Waals surface area contributed by atoms with Crippen LogP contribution >= 0.6 is 12.2 Å². The molecule has 0 unspecified atom stereocenters. The first-order chi connectivity index (χ1) is 5.77. The van der Waals surface area contributed by atoms with Crippen molar-refractivity contribution in [2.45, 2.75) is 25.3 Å². The van der Waals surface area contributed by atoms with Crippen molar-refractivity contribution in [3.05, 3.63) is 27.4 Å². The number of hydrogen-bond acceptors (Lipinski definition) is 2. The van der Waals surface area contributed by atoms with E-state index >= 15 is 0 Å². The molecule has 3 nitrogen and oxygen atoms in total. The van der Waals surface area contributed by atoms with Crippen molar-refractivity contribution >= 4 is 12.2 Å². The highest BCUT2D eigenvalue weighted by Gasteiger charge is 2.18. The average Bonchev–Trinajstić information content (AvgIpc) is 1.91. The van der Waals surface area contributed by atoms with Gasteiger partial charge in [0.1, 0.15) is 0 Å². The normalized spacial score (nSPS) is 17.3. The van der Waals surface area contributed by atoms with Crippen LogP contribution in [-0.4, -0.2) is 9.55 Å².